The van der Waals surface area contributed by atoms with E-state index in [9.17, 15) is 0 Å². The summed E-state index contributed by atoms with van der Waals surface area (Å²) in [5.41, 5.74) is 3.08. The van der Waals surface area contributed by atoms with Crippen LogP contribution in [0.1, 0.15) is 44.1 Å². The number of ether oxygens (including phenoxy) is 1. The molecule has 2 atom stereocenters. The summed E-state index contributed by atoms with van der Waals surface area (Å²) in [6.07, 6.45) is 6.16. The number of nitrogens with one attached hydrogen (secondary N) is 1. The number of rotatable bonds is 4. The molecule has 1 aliphatic heterocycles. The molecular weight excluding hydrogens is 380 g/mol. The van der Waals surface area contributed by atoms with Crippen molar-refractivity contribution in [3.8, 4) is 5.75 Å². The van der Waals surface area contributed by atoms with Crippen LogP contribution in [0, 0.1) is 0 Å². The van der Waals surface area contributed by atoms with E-state index in [1.807, 2.05) is 48.7 Å². The van der Waals surface area contributed by atoms with Crippen LogP contribution < -0.4 is 15.0 Å². The Bertz CT molecular complexity index is 1010. The van der Waals surface area contributed by atoms with E-state index in [1.165, 1.54) is 5.56 Å². The van der Waals surface area contributed by atoms with Crippen molar-refractivity contribution in [1.82, 2.24) is 14.9 Å². The first kappa shape index (κ1) is 19.5. The van der Waals surface area contributed by atoms with E-state index < -0.39 is 0 Å². The molecule has 150 valence electrons. The highest BCUT2D eigenvalue weighted by atomic mass is 32.1. The van der Waals surface area contributed by atoms with Gasteiger partial charge in [0.1, 0.15) is 5.75 Å². The molecule has 1 fully saturated rings. The van der Waals surface area contributed by atoms with Crippen molar-refractivity contribution < 1.29 is 4.74 Å². The highest BCUT2D eigenvalue weighted by Gasteiger charge is 2.42. The lowest BCUT2D eigenvalue weighted by Crippen LogP contribution is -2.29. The van der Waals surface area contributed by atoms with Gasteiger partial charge in [-0.1, -0.05) is 18.2 Å². The van der Waals surface area contributed by atoms with E-state index in [4.69, 9.17) is 17.0 Å². The maximum Gasteiger partial charge on any atom is 0.174 e. The molecule has 0 bridgehead atoms. The summed E-state index contributed by atoms with van der Waals surface area (Å²) in [5.74, 6) is 0.790. The van der Waals surface area contributed by atoms with Crippen molar-refractivity contribution in [2.75, 3.05) is 12.0 Å². The Balaban J connectivity index is 1.85. The van der Waals surface area contributed by atoms with Crippen LogP contribution in [0.2, 0.25) is 0 Å². The molecule has 0 radical (unpaired) electrons. The van der Waals surface area contributed by atoms with Crippen molar-refractivity contribution in [3.05, 3.63) is 78.4 Å². The number of hydrogen-bond acceptors (Lipinski definition) is 3. The van der Waals surface area contributed by atoms with E-state index in [0.29, 0.717) is 5.11 Å². The predicted octanol–water partition coefficient (Wildman–Crippen LogP) is 4.82. The number of anilines is 1. The number of methoxy groups -OCH3 is 1. The number of nitrogens with zero attached hydrogens (tertiary/aromatic N) is 3. The smallest absolute Gasteiger partial charge is 0.174 e. The highest BCUT2D eigenvalue weighted by molar-refractivity contribution is 7.80. The Labute approximate surface area is 177 Å². The summed E-state index contributed by atoms with van der Waals surface area (Å²) < 4.78 is 7.88. The Morgan fingerprint density at radius 3 is 2.48 bits per heavy atom. The minimum Gasteiger partial charge on any atom is -0.495 e. The van der Waals surface area contributed by atoms with Gasteiger partial charge in [0.2, 0.25) is 0 Å². The molecule has 1 N–H and O–H groups in total. The molecule has 2 aromatic heterocycles. The number of thiocarbonyl (C=S) groups is 1. The summed E-state index contributed by atoms with van der Waals surface area (Å²) in [6.45, 7) is 6.59. The van der Waals surface area contributed by atoms with E-state index in [1.54, 1.807) is 7.11 Å². The molecule has 4 rings (SSSR count). The van der Waals surface area contributed by atoms with Crippen molar-refractivity contribution in [1.29, 1.82) is 0 Å². The van der Waals surface area contributed by atoms with Crippen molar-refractivity contribution in [3.63, 3.8) is 0 Å². The average molecular weight is 407 g/mol. The Hall–Kier alpha value is -2.86. The van der Waals surface area contributed by atoms with Gasteiger partial charge in [-0.3, -0.25) is 4.98 Å². The Morgan fingerprint density at radius 1 is 1.07 bits per heavy atom. The molecule has 0 spiro atoms. The second-order valence-electron chi connectivity index (χ2n) is 8.19. The van der Waals surface area contributed by atoms with Gasteiger partial charge in [0.05, 0.1) is 30.6 Å². The van der Waals surface area contributed by atoms with Crippen LogP contribution in [0.4, 0.5) is 5.69 Å². The molecular formula is C23H26N4OS. The van der Waals surface area contributed by atoms with Crippen LogP contribution in [0.5, 0.6) is 5.75 Å². The van der Waals surface area contributed by atoms with Gasteiger partial charge < -0.3 is 19.5 Å². The third kappa shape index (κ3) is 3.60. The van der Waals surface area contributed by atoms with E-state index in [-0.39, 0.29) is 17.6 Å². The van der Waals surface area contributed by atoms with Crippen LogP contribution in [0.15, 0.2) is 67.1 Å². The topological polar surface area (TPSA) is 42.3 Å². The maximum atomic E-state index is 5.79. The highest BCUT2D eigenvalue weighted by Crippen LogP contribution is 2.44. The summed E-state index contributed by atoms with van der Waals surface area (Å²) in [6, 6.07) is 16.0. The molecule has 0 amide bonds. The monoisotopic (exact) mass is 406 g/mol. The van der Waals surface area contributed by atoms with E-state index >= 15 is 0 Å². The van der Waals surface area contributed by atoms with Gasteiger partial charge >= 0.3 is 0 Å². The normalized spacial score (nSPS) is 19.3. The molecule has 0 unspecified atom stereocenters. The van der Waals surface area contributed by atoms with Crippen LogP contribution in [0.3, 0.4) is 0 Å². The second-order valence-corrected chi connectivity index (χ2v) is 8.58. The Kier molecular flexibility index (Phi) is 5.04. The second kappa shape index (κ2) is 7.52. The van der Waals surface area contributed by atoms with E-state index in [2.05, 4.69) is 59.0 Å². The van der Waals surface area contributed by atoms with Crippen LogP contribution in [0.25, 0.3) is 0 Å². The van der Waals surface area contributed by atoms with Gasteiger partial charge in [0.15, 0.2) is 5.11 Å². The number of benzene rings is 1. The van der Waals surface area contributed by atoms with E-state index in [0.717, 1.165) is 17.1 Å². The number of pyridine rings is 1. The van der Waals surface area contributed by atoms with Crippen LogP contribution in [-0.4, -0.2) is 21.8 Å². The fourth-order valence-corrected chi connectivity index (χ4v) is 4.13. The fraction of sp³-hybridized carbons (Fsp3) is 0.304. The average Bonchev–Trinajstić information content (AvgIpc) is 3.33. The molecule has 6 heteroatoms. The summed E-state index contributed by atoms with van der Waals surface area (Å²) in [5, 5.41) is 4.16. The SMILES string of the molecule is COc1ccccc1N1C(=S)N[C@@H](c2ccccn2)[C@@H]1c1ccn(C(C)(C)C)c1. The zero-order valence-corrected chi connectivity index (χ0v) is 18.0. The van der Waals surface area contributed by atoms with Crippen molar-refractivity contribution in [2.24, 2.45) is 0 Å². The van der Waals surface area contributed by atoms with Crippen LogP contribution in [-0.2, 0) is 5.54 Å². The minimum atomic E-state index is -0.0653. The maximum absolute atomic E-state index is 5.79. The number of hydrogen-bond donors (Lipinski definition) is 1. The largest absolute Gasteiger partial charge is 0.495 e. The quantitative estimate of drug-likeness (QED) is 0.629. The first-order valence-corrected chi connectivity index (χ1v) is 10.1. The summed E-state index contributed by atoms with van der Waals surface area (Å²) >= 11 is 5.79. The number of aromatic nitrogens is 2. The van der Waals surface area contributed by atoms with Crippen LogP contribution >= 0.6 is 12.2 Å². The minimum absolute atomic E-state index is 0.000548. The summed E-state index contributed by atoms with van der Waals surface area (Å²) in [4.78, 5) is 6.76. The van der Waals surface area contributed by atoms with Gasteiger partial charge in [0, 0.05) is 24.1 Å². The third-order valence-electron chi connectivity index (χ3n) is 5.27. The molecule has 3 aromatic rings. The first-order valence-electron chi connectivity index (χ1n) is 9.72. The standard InChI is InChI=1S/C23H26N4OS/c1-23(2,3)26-14-12-16(15-26)21-20(17-9-7-8-13-24-17)25-22(29)27(21)18-10-5-6-11-19(18)28-4/h5-15,20-21H,1-4H3,(H,25,29)/t20-,21-/m0/s1. The lowest BCUT2D eigenvalue weighted by molar-refractivity contribution is 0.396. The van der Waals surface area contributed by atoms with Gasteiger partial charge in [-0.15, -0.1) is 0 Å². The summed E-state index contributed by atoms with van der Waals surface area (Å²) in [7, 11) is 1.69. The molecule has 1 aliphatic rings. The van der Waals surface area contributed by atoms with Crippen molar-refractivity contribution >= 4 is 23.0 Å². The van der Waals surface area contributed by atoms with Crippen molar-refractivity contribution in [2.45, 2.75) is 38.4 Å². The third-order valence-corrected chi connectivity index (χ3v) is 5.59. The first-order chi connectivity index (χ1) is 13.9. The molecule has 3 heterocycles. The molecule has 1 aromatic carbocycles. The lowest BCUT2D eigenvalue weighted by Gasteiger charge is -2.28. The molecule has 0 saturated carbocycles. The predicted molar refractivity (Wildman–Crippen MR) is 120 cm³/mol. The molecule has 0 aliphatic carbocycles. The fourth-order valence-electron chi connectivity index (χ4n) is 3.79. The zero-order chi connectivity index (χ0) is 20.6. The van der Waals surface area contributed by atoms with Gasteiger partial charge in [0.25, 0.3) is 0 Å². The van der Waals surface area contributed by atoms with Gasteiger partial charge in [-0.05, 0) is 68.9 Å². The molecule has 1 saturated heterocycles. The number of para-hydroxylation sites is 2. The van der Waals surface area contributed by atoms with Gasteiger partial charge in [-0.2, -0.15) is 0 Å². The lowest BCUT2D eigenvalue weighted by atomic mass is 9.98. The zero-order valence-electron chi connectivity index (χ0n) is 17.2. The van der Waals surface area contributed by atoms with Gasteiger partial charge in [-0.25, -0.2) is 0 Å². The Morgan fingerprint density at radius 2 is 1.83 bits per heavy atom. The molecule has 29 heavy (non-hydrogen) atoms. The molecule has 5 nitrogen and oxygen atoms in total.